The van der Waals surface area contributed by atoms with Crippen LogP contribution >= 0.6 is 0 Å². The lowest BCUT2D eigenvalue weighted by atomic mass is 10.0. The lowest BCUT2D eigenvalue weighted by Crippen LogP contribution is -2.19. The van der Waals surface area contributed by atoms with E-state index in [0.717, 1.165) is 11.1 Å². The summed E-state index contributed by atoms with van der Waals surface area (Å²) in [5.41, 5.74) is 1.66. The highest BCUT2D eigenvalue weighted by Crippen LogP contribution is 2.28. The Balaban J connectivity index is 1.86. The zero-order chi connectivity index (χ0) is 16.1. The molecule has 0 saturated heterocycles. The molecule has 0 saturated carbocycles. The second-order valence-corrected chi connectivity index (χ2v) is 5.06. The Hall–Kier alpha value is -2.85. The molecular weight excluding hydrogens is 292 g/mol. The Morgan fingerprint density at radius 3 is 1.91 bits per heavy atom. The van der Waals surface area contributed by atoms with Crippen molar-refractivity contribution in [2.45, 2.75) is 12.2 Å². The van der Waals surface area contributed by atoms with Crippen molar-refractivity contribution in [1.29, 1.82) is 0 Å². The lowest BCUT2D eigenvalue weighted by molar-refractivity contribution is -0.159. The molecule has 0 radical (unpaired) electrons. The van der Waals surface area contributed by atoms with Crippen LogP contribution in [0.2, 0.25) is 0 Å². The Morgan fingerprint density at radius 2 is 1.43 bits per heavy atom. The molecule has 0 fully saturated rings. The summed E-state index contributed by atoms with van der Waals surface area (Å²) in [6.45, 7) is 0. The summed E-state index contributed by atoms with van der Waals surface area (Å²) in [7, 11) is 0. The van der Waals surface area contributed by atoms with Crippen molar-refractivity contribution in [3.05, 3.63) is 95.9 Å². The van der Waals surface area contributed by atoms with Crippen LogP contribution in [0.5, 0.6) is 0 Å². The van der Waals surface area contributed by atoms with E-state index in [-0.39, 0.29) is 5.76 Å². The number of benzene rings is 2. The van der Waals surface area contributed by atoms with Gasteiger partial charge in [-0.15, -0.1) is 0 Å². The van der Waals surface area contributed by atoms with Crippen LogP contribution in [-0.2, 0) is 9.53 Å². The highest BCUT2D eigenvalue weighted by Gasteiger charge is 2.26. The van der Waals surface area contributed by atoms with Gasteiger partial charge in [0.15, 0.2) is 6.10 Å². The van der Waals surface area contributed by atoms with Crippen LogP contribution in [0.1, 0.15) is 29.1 Å². The van der Waals surface area contributed by atoms with Crippen LogP contribution < -0.4 is 0 Å². The van der Waals surface area contributed by atoms with Gasteiger partial charge in [-0.2, -0.15) is 0 Å². The maximum Gasteiger partial charge on any atom is 0.343 e. The van der Waals surface area contributed by atoms with E-state index in [9.17, 15) is 9.90 Å². The molecule has 3 rings (SSSR count). The number of rotatable bonds is 5. The SMILES string of the molecule is O=C(OC(c1ccccc1)c1ccccc1)[C@@H](O)c1ccco1. The van der Waals surface area contributed by atoms with Gasteiger partial charge in [0.1, 0.15) is 5.76 Å². The van der Waals surface area contributed by atoms with Crippen LogP contribution in [0.4, 0.5) is 0 Å². The van der Waals surface area contributed by atoms with Gasteiger partial charge in [0.2, 0.25) is 6.10 Å². The third-order valence-electron chi connectivity index (χ3n) is 3.47. The normalized spacial score (nSPS) is 12.1. The predicted octanol–water partition coefficient (Wildman–Crippen LogP) is 3.65. The second-order valence-electron chi connectivity index (χ2n) is 5.06. The summed E-state index contributed by atoms with van der Waals surface area (Å²) in [5.74, 6) is -0.590. The van der Waals surface area contributed by atoms with Crippen molar-refractivity contribution in [3.63, 3.8) is 0 Å². The molecule has 23 heavy (non-hydrogen) atoms. The van der Waals surface area contributed by atoms with Crippen LogP contribution in [0.25, 0.3) is 0 Å². The van der Waals surface area contributed by atoms with Crippen molar-refractivity contribution in [3.8, 4) is 0 Å². The van der Waals surface area contributed by atoms with Gasteiger partial charge in [-0.25, -0.2) is 4.79 Å². The third-order valence-corrected chi connectivity index (χ3v) is 3.47. The number of esters is 1. The summed E-state index contributed by atoms with van der Waals surface area (Å²) in [5, 5.41) is 10.1. The van der Waals surface area contributed by atoms with E-state index >= 15 is 0 Å². The Morgan fingerprint density at radius 1 is 0.870 bits per heavy atom. The van der Waals surface area contributed by atoms with Gasteiger partial charge < -0.3 is 14.3 Å². The van der Waals surface area contributed by atoms with E-state index < -0.39 is 18.2 Å². The predicted molar refractivity (Wildman–Crippen MR) is 84.5 cm³/mol. The minimum absolute atomic E-state index is 0.162. The van der Waals surface area contributed by atoms with Gasteiger partial charge in [0.25, 0.3) is 0 Å². The van der Waals surface area contributed by atoms with Gasteiger partial charge in [-0.05, 0) is 23.3 Å². The Kier molecular flexibility index (Phi) is 4.54. The van der Waals surface area contributed by atoms with E-state index in [2.05, 4.69) is 0 Å². The summed E-state index contributed by atoms with van der Waals surface area (Å²) in [6.07, 6.45) is -0.632. The highest BCUT2D eigenvalue weighted by atomic mass is 16.6. The van der Waals surface area contributed by atoms with Crippen LogP contribution in [0.3, 0.4) is 0 Å². The zero-order valence-corrected chi connectivity index (χ0v) is 12.3. The molecule has 4 heteroatoms. The first-order valence-corrected chi connectivity index (χ1v) is 7.27. The fraction of sp³-hybridized carbons (Fsp3) is 0.105. The molecule has 3 aromatic rings. The molecule has 0 amide bonds. The molecule has 0 unspecified atom stereocenters. The average Bonchev–Trinajstić information content (AvgIpc) is 3.15. The van der Waals surface area contributed by atoms with Crippen molar-refractivity contribution in [1.82, 2.24) is 0 Å². The second kappa shape index (κ2) is 6.94. The standard InChI is InChI=1S/C19H16O4/c20-17(16-12-7-13-22-16)19(21)23-18(14-8-3-1-4-9-14)15-10-5-2-6-11-15/h1-13,17-18,20H/t17-/m0/s1. The molecule has 1 atom stereocenters. The van der Waals surface area contributed by atoms with E-state index in [1.165, 1.54) is 12.3 Å². The third kappa shape index (κ3) is 3.49. The Labute approximate surface area is 134 Å². The summed E-state index contributed by atoms with van der Waals surface area (Å²) < 4.78 is 10.6. The molecule has 0 aliphatic carbocycles. The fourth-order valence-electron chi connectivity index (χ4n) is 2.33. The summed E-state index contributed by atoms with van der Waals surface area (Å²) in [4.78, 5) is 12.3. The maximum absolute atomic E-state index is 12.3. The first-order valence-electron chi connectivity index (χ1n) is 7.27. The van der Waals surface area contributed by atoms with Crippen LogP contribution in [0.15, 0.2) is 83.5 Å². The van der Waals surface area contributed by atoms with Crippen molar-refractivity contribution in [2.24, 2.45) is 0 Å². The average molecular weight is 308 g/mol. The first-order chi connectivity index (χ1) is 11.3. The smallest absolute Gasteiger partial charge is 0.343 e. The molecule has 4 nitrogen and oxygen atoms in total. The van der Waals surface area contributed by atoms with Crippen molar-refractivity contribution < 1.29 is 19.1 Å². The number of ether oxygens (including phenoxy) is 1. The molecule has 1 aromatic heterocycles. The van der Waals surface area contributed by atoms with Crippen molar-refractivity contribution in [2.75, 3.05) is 0 Å². The fourth-order valence-corrected chi connectivity index (χ4v) is 2.33. The number of hydrogen-bond acceptors (Lipinski definition) is 4. The van der Waals surface area contributed by atoms with Gasteiger partial charge in [0, 0.05) is 0 Å². The van der Waals surface area contributed by atoms with Gasteiger partial charge in [0.05, 0.1) is 6.26 Å². The molecule has 0 bridgehead atoms. The number of carbonyl (C=O) groups is 1. The number of furan rings is 1. The zero-order valence-electron chi connectivity index (χ0n) is 12.3. The quantitative estimate of drug-likeness (QED) is 0.731. The van der Waals surface area contributed by atoms with E-state index in [0.29, 0.717) is 0 Å². The molecule has 116 valence electrons. The van der Waals surface area contributed by atoms with Crippen LogP contribution in [0, 0.1) is 0 Å². The van der Waals surface area contributed by atoms with Gasteiger partial charge in [-0.3, -0.25) is 0 Å². The first kappa shape index (κ1) is 15.1. The summed E-state index contributed by atoms with van der Waals surface area (Å²) in [6, 6.07) is 22.0. The lowest BCUT2D eigenvalue weighted by Gasteiger charge is -2.20. The molecule has 2 aromatic carbocycles. The van der Waals surface area contributed by atoms with E-state index in [1.807, 2.05) is 60.7 Å². The van der Waals surface area contributed by atoms with Gasteiger partial charge >= 0.3 is 5.97 Å². The topological polar surface area (TPSA) is 59.7 Å². The molecule has 0 spiro atoms. The van der Waals surface area contributed by atoms with E-state index in [4.69, 9.17) is 9.15 Å². The molecule has 1 heterocycles. The number of hydrogen-bond donors (Lipinski definition) is 1. The van der Waals surface area contributed by atoms with Crippen LogP contribution in [-0.4, -0.2) is 11.1 Å². The highest BCUT2D eigenvalue weighted by molar-refractivity contribution is 5.76. The van der Waals surface area contributed by atoms with Gasteiger partial charge in [-0.1, -0.05) is 60.7 Å². The molecule has 0 aliphatic rings. The number of carbonyl (C=O) groups excluding carboxylic acids is 1. The Bertz CT molecular complexity index is 696. The van der Waals surface area contributed by atoms with E-state index in [1.54, 1.807) is 6.07 Å². The molecule has 1 N–H and O–H groups in total. The van der Waals surface area contributed by atoms with Crippen molar-refractivity contribution >= 4 is 5.97 Å². The number of aliphatic hydroxyl groups excluding tert-OH is 1. The largest absolute Gasteiger partial charge is 0.466 e. The maximum atomic E-state index is 12.3. The minimum Gasteiger partial charge on any atom is -0.466 e. The summed E-state index contributed by atoms with van der Waals surface area (Å²) >= 11 is 0. The minimum atomic E-state index is -1.44. The monoisotopic (exact) mass is 308 g/mol. The molecular formula is C19H16O4. The number of aliphatic hydroxyl groups is 1. The molecule has 0 aliphatic heterocycles.